The highest BCUT2D eigenvalue weighted by atomic mass is 16.7. The lowest BCUT2D eigenvalue weighted by atomic mass is 9.88. The van der Waals surface area contributed by atoms with Crippen LogP contribution in [0.3, 0.4) is 0 Å². The number of nitrogens with one attached hydrogen (secondary N) is 1. The van der Waals surface area contributed by atoms with Gasteiger partial charge in [0.15, 0.2) is 11.5 Å². The Morgan fingerprint density at radius 2 is 2.04 bits per heavy atom. The molecule has 1 N–H and O–H groups in total. The number of aromatic nitrogens is 2. The highest BCUT2D eigenvalue weighted by Gasteiger charge is 2.31. The van der Waals surface area contributed by atoms with Crippen molar-refractivity contribution in [2.75, 3.05) is 33.0 Å². The Kier molecular flexibility index (Phi) is 4.24. The van der Waals surface area contributed by atoms with E-state index < -0.39 is 0 Å². The topological polar surface area (TPSA) is 70.7 Å². The first-order valence-electron chi connectivity index (χ1n) is 9.67. The van der Waals surface area contributed by atoms with Crippen LogP contribution in [0, 0.1) is 5.92 Å². The van der Waals surface area contributed by atoms with Crippen LogP contribution in [-0.2, 0) is 24.2 Å². The van der Waals surface area contributed by atoms with Gasteiger partial charge in [-0.1, -0.05) is 6.07 Å². The van der Waals surface area contributed by atoms with Gasteiger partial charge in [-0.3, -0.25) is 9.69 Å². The standard InChI is InChI=1S/C20H24N4O3/c25-20(15-2-3-16-17(10-15)22-12-21-16)24-7-5-23(6-8-24)11-14-1-4-18-19(9-14)27-13-26-18/h1,4,9,12,15H,2-3,5-8,10-11,13H2,(H,21,22). The van der Waals surface area contributed by atoms with E-state index in [1.54, 1.807) is 6.33 Å². The number of aromatic amines is 1. The zero-order chi connectivity index (χ0) is 18.2. The molecule has 0 spiro atoms. The van der Waals surface area contributed by atoms with Crippen LogP contribution in [0.1, 0.15) is 23.4 Å². The molecule has 1 amide bonds. The van der Waals surface area contributed by atoms with Gasteiger partial charge in [0.2, 0.25) is 12.7 Å². The van der Waals surface area contributed by atoms with E-state index in [1.807, 2.05) is 11.0 Å². The third kappa shape index (κ3) is 3.27. The first-order valence-corrected chi connectivity index (χ1v) is 9.67. The van der Waals surface area contributed by atoms with Gasteiger partial charge in [0.25, 0.3) is 0 Å². The summed E-state index contributed by atoms with van der Waals surface area (Å²) in [5, 5.41) is 0. The minimum absolute atomic E-state index is 0.0957. The van der Waals surface area contributed by atoms with E-state index in [4.69, 9.17) is 9.47 Å². The van der Waals surface area contributed by atoms with E-state index in [-0.39, 0.29) is 5.92 Å². The molecule has 0 radical (unpaired) electrons. The van der Waals surface area contributed by atoms with Crippen molar-refractivity contribution in [3.05, 3.63) is 41.5 Å². The molecule has 7 nitrogen and oxygen atoms in total. The van der Waals surface area contributed by atoms with Crippen LogP contribution >= 0.6 is 0 Å². The van der Waals surface area contributed by atoms with E-state index in [1.165, 1.54) is 5.56 Å². The summed E-state index contributed by atoms with van der Waals surface area (Å²) in [4.78, 5) is 24.9. The number of amides is 1. The fourth-order valence-corrected chi connectivity index (χ4v) is 4.29. The molecule has 1 aromatic heterocycles. The van der Waals surface area contributed by atoms with Crippen LogP contribution in [0.25, 0.3) is 0 Å². The summed E-state index contributed by atoms with van der Waals surface area (Å²) in [5.41, 5.74) is 3.49. The number of piperazine rings is 1. The molecule has 2 aromatic rings. The lowest BCUT2D eigenvalue weighted by molar-refractivity contribution is -0.137. The number of carbonyl (C=O) groups excluding carboxylic acids is 1. The Hall–Kier alpha value is -2.54. The quantitative estimate of drug-likeness (QED) is 0.891. The molecule has 3 heterocycles. The summed E-state index contributed by atoms with van der Waals surface area (Å²) in [6.45, 7) is 4.59. The molecule has 7 heteroatoms. The summed E-state index contributed by atoms with van der Waals surface area (Å²) in [5.74, 6) is 2.05. The molecular weight excluding hydrogens is 344 g/mol. The fraction of sp³-hybridized carbons (Fsp3) is 0.500. The third-order valence-electron chi connectivity index (χ3n) is 5.86. The zero-order valence-electron chi connectivity index (χ0n) is 15.3. The Balaban J connectivity index is 1.15. The second-order valence-electron chi connectivity index (χ2n) is 7.56. The molecule has 2 aliphatic heterocycles. The van der Waals surface area contributed by atoms with Crippen molar-refractivity contribution >= 4 is 5.91 Å². The van der Waals surface area contributed by atoms with Crippen molar-refractivity contribution in [2.45, 2.75) is 25.8 Å². The largest absolute Gasteiger partial charge is 0.454 e. The maximum atomic E-state index is 12.9. The third-order valence-corrected chi connectivity index (χ3v) is 5.86. The number of carbonyl (C=O) groups is 1. The number of hydrogen-bond acceptors (Lipinski definition) is 5. The molecule has 1 aromatic carbocycles. The Labute approximate surface area is 158 Å². The van der Waals surface area contributed by atoms with Gasteiger partial charge in [-0.05, 0) is 30.5 Å². The molecule has 5 rings (SSSR count). The minimum Gasteiger partial charge on any atom is -0.454 e. The summed E-state index contributed by atoms with van der Waals surface area (Å²) in [6.07, 6.45) is 4.35. The van der Waals surface area contributed by atoms with E-state index in [9.17, 15) is 4.79 Å². The number of ether oxygens (including phenoxy) is 2. The van der Waals surface area contributed by atoms with Crippen LogP contribution in [0.2, 0.25) is 0 Å². The van der Waals surface area contributed by atoms with Crippen molar-refractivity contribution in [1.29, 1.82) is 0 Å². The SMILES string of the molecule is O=C(C1CCc2nc[nH]c2C1)N1CCN(Cc2ccc3c(c2)OCO3)CC1. The van der Waals surface area contributed by atoms with Crippen molar-refractivity contribution in [3.8, 4) is 11.5 Å². The highest BCUT2D eigenvalue weighted by Crippen LogP contribution is 2.33. The van der Waals surface area contributed by atoms with Crippen LogP contribution in [-0.4, -0.2) is 58.6 Å². The number of rotatable bonds is 3. The smallest absolute Gasteiger partial charge is 0.231 e. The lowest BCUT2D eigenvalue weighted by Crippen LogP contribution is -2.50. The maximum Gasteiger partial charge on any atom is 0.231 e. The van der Waals surface area contributed by atoms with Crippen LogP contribution in [0.5, 0.6) is 11.5 Å². The molecule has 1 fully saturated rings. The summed E-state index contributed by atoms with van der Waals surface area (Å²) in [7, 11) is 0. The average molecular weight is 368 g/mol. The van der Waals surface area contributed by atoms with Gasteiger partial charge in [-0.2, -0.15) is 0 Å². The number of imidazole rings is 1. The summed E-state index contributed by atoms with van der Waals surface area (Å²) < 4.78 is 10.8. The number of aryl methyl sites for hydroxylation is 1. The number of H-pyrrole nitrogens is 1. The molecule has 142 valence electrons. The molecule has 1 saturated heterocycles. The molecule has 1 atom stereocenters. The second-order valence-corrected chi connectivity index (χ2v) is 7.56. The maximum absolute atomic E-state index is 12.9. The minimum atomic E-state index is 0.0957. The van der Waals surface area contributed by atoms with Crippen LogP contribution in [0.4, 0.5) is 0 Å². The highest BCUT2D eigenvalue weighted by molar-refractivity contribution is 5.79. The first-order chi connectivity index (χ1) is 13.3. The number of nitrogens with zero attached hydrogens (tertiary/aromatic N) is 3. The van der Waals surface area contributed by atoms with Crippen molar-refractivity contribution in [3.63, 3.8) is 0 Å². The van der Waals surface area contributed by atoms with Gasteiger partial charge in [0.1, 0.15) is 0 Å². The molecule has 3 aliphatic rings. The molecule has 1 unspecified atom stereocenters. The van der Waals surface area contributed by atoms with Gasteiger partial charge in [-0.25, -0.2) is 4.98 Å². The monoisotopic (exact) mass is 368 g/mol. The van der Waals surface area contributed by atoms with Crippen molar-refractivity contribution in [2.24, 2.45) is 5.92 Å². The fourth-order valence-electron chi connectivity index (χ4n) is 4.29. The lowest BCUT2D eigenvalue weighted by Gasteiger charge is -2.37. The normalized spacial score (nSPS) is 21.9. The zero-order valence-corrected chi connectivity index (χ0v) is 15.3. The van der Waals surface area contributed by atoms with Gasteiger partial charge in [0, 0.05) is 50.8 Å². The van der Waals surface area contributed by atoms with Crippen LogP contribution in [0.15, 0.2) is 24.5 Å². The predicted octanol–water partition coefficient (Wildman–Crippen LogP) is 1.59. The Morgan fingerprint density at radius 3 is 2.93 bits per heavy atom. The molecular formula is C20H24N4O3. The Bertz CT molecular complexity index is 842. The van der Waals surface area contributed by atoms with Gasteiger partial charge in [-0.15, -0.1) is 0 Å². The average Bonchev–Trinajstić information content (AvgIpc) is 3.36. The van der Waals surface area contributed by atoms with Gasteiger partial charge >= 0.3 is 0 Å². The van der Waals surface area contributed by atoms with E-state index in [0.717, 1.165) is 74.9 Å². The predicted molar refractivity (Wildman–Crippen MR) is 98.5 cm³/mol. The second kappa shape index (κ2) is 6.88. The number of fused-ring (bicyclic) bond motifs is 2. The Morgan fingerprint density at radius 1 is 1.19 bits per heavy atom. The van der Waals surface area contributed by atoms with E-state index >= 15 is 0 Å². The van der Waals surface area contributed by atoms with Gasteiger partial charge in [0.05, 0.1) is 12.0 Å². The summed E-state index contributed by atoms with van der Waals surface area (Å²) in [6, 6.07) is 6.13. The summed E-state index contributed by atoms with van der Waals surface area (Å²) >= 11 is 0. The number of hydrogen-bond donors (Lipinski definition) is 1. The van der Waals surface area contributed by atoms with Crippen molar-refractivity contribution < 1.29 is 14.3 Å². The molecule has 27 heavy (non-hydrogen) atoms. The van der Waals surface area contributed by atoms with Gasteiger partial charge < -0.3 is 19.4 Å². The van der Waals surface area contributed by atoms with E-state index in [0.29, 0.717) is 12.7 Å². The number of benzene rings is 1. The molecule has 0 saturated carbocycles. The molecule has 0 bridgehead atoms. The van der Waals surface area contributed by atoms with Crippen molar-refractivity contribution in [1.82, 2.24) is 19.8 Å². The first kappa shape index (κ1) is 16.6. The van der Waals surface area contributed by atoms with E-state index in [2.05, 4.69) is 27.0 Å². The molecule has 1 aliphatic carbocycles. The van der Waals surface area contributed by atoms with Crippen LogP contribution < -0.4 is 9.47 Å².